The van der Waals surface area contributed by atoms with Crippen molar-refractivity contribution in [1.82, 2.24) is 24.8 Å². The molecule has 2 aliphatic heterocycles. The third-order valence-electron chi connectivity index (χ3n) is 6.28. The van der Waals surface area contributed by atoms with Gasteiger partial charge in [0.25, 0.3) is 0 Å². The number of aromatic nitrogens is 1. The Balaban J connectivity index is 1.53. The summed E-state index contributed by atoms with van der Waals surface area (Å²) in [5, 5.41) is 11.4. The van der Waals surface area contributed by atoms with E-state index in [1.807, 2.05) is 20.8 Å². The van der Waals surface area contributed by atoms with Gasteiger partial charge in [0, 0.05) is 75.7 Å². The van der Waals surface area contributed by atoms with E-state index in [1.165, 1.54) is 12.8 Å². The zero-order valence-corrected chi connectivity index (χ0v) is 20.6. The molecule has 1 N–H and O–H groups in total. The molecule has 3 rings (SSSR count). The number of nitrogens with one attached hydrogen (secondary N) is 1. The van der Waals surface area contributed by atoms with E-state index in [0.29, 0.717) is 12.1 Å². The van der Waals surface area contributed by atoms with Gasteiger partial charge in [-0.25, -0.2) is 15.0 Å². The van der Waals surface area contributed by atoms with Crippen molar-refractivity contribution in [2.75, 3.05) is 45.6 Å². The van der Waals surface area contributed by atoms with Gasteiger partial charge in [-0.05, 0) is 26.7 Å². The number of carbonyl (C=O) groups excluding carboxylic acids is 1. The average molecular weight is 437 g/mol. The Morgan fingerprint density at radius 2 is 2.00 bits per heavy atom. The highest BCUT2D eigenvalue weighted by Gasteiger charge is 2.36. The number of piperazine rings is 1. The molecule has 0 bridgehead atoms. The second-order valence-corrected chi connectivity index (χ2v) is 11.0. The van der Waals surface area contributed by atoms with Gasteiger partial charge in [0.05, 0.1) is 5.69 Å². The fourth-order valence-electron chi connectivity index (χ4n) is 4.56. The Kier molecular flexibility index (Phi) is 7.43. The van der Waals surface area contributed by atoms with Crippen LogP contribution in [0, 0.1) is 5.41 Å². The first kappa shape index (κ1) is 23.4. The van der Waals surface area contributed by atoms with Crippen LogP contribution >= 0.6 is 11.3 Å². The first-order valence-electron chi connectivity index (χ1n) is 11.2. The van der Waals surface area contributed by atoms with Gasteiger partial charge < -0.3 is 10.2 Å². The fraction of sp³-hybridized carbons (Fsp3) is 0.818. The van der Waals surface area contributed by atoms with E-state index in [4.69, 9.17) is 4.98 Å². The van der Waals surface area contributed by atoms with Gasteiger partial charge in [0.15, 0.2) is 5.13 Å². The van der Waals surface area contributed by atoms with E-state index in [-0.39, 0.29) is 17.4 Å². The zero-order valence-electron chi connectivity index (χ0n) is 19.8. The van der Waals surface area contributed by atoms with Crippen LogP contribution in [0.15, 0.2) is 5.38 Å². The Morgan fingerprint density at radius 1 is 1.27 bits per heavy atom. The maximum Gasteiger partial charge on any atom is 0.228 e. The van der Waals surface area contributed by atoms with Crippen molar-refractivity contribution in [1.29, 1.82) is 0 Å². The maximum atomic E-state index is 12.8. The smallest absolute Gasteiger partial charge is 0.228 e. The predicted octanol–water partition coefficient (Wildman–Crippen LogP) is 2.96. The molecule has 170 valence electrons. The highest BCUT2D eigenvalue weighted by molar-refractivity contribution is 7.13. The summed E-state index contributed by atoms with van der Waals surface area (Å²) >= 11 is 1.70. The van der Waals surface area contributed by atoms with Crippen LogP contribution in [0.5, 0.6) is 0 Å². The molecule has 8 heteroatoms. The molecule has 1 aromatic rings. The predicted molar refractivity (Wildman–Crippen MR) is 125 cm³/mol. The van der Waals surface area contributed by atoms with E-state index in [1.54, 1.807) is 11.3 Å². The summed E-state index contributed by atoms with van der Waals surface area (Å²) in [6.45, 7) is 15.0. The van der Waals surface area contributed by atoms with Crippen LogP contribution < -0.4 is 5.32 Å². The molecule has 2 saturated heterocycles. The molecule has 1 aromatic heterocycles. The molecular weight excluding hydrogens is 396 g/mol. The van der Waals surface area contributed by atoms with Gasteiger partial charge in [-0.15, -0.1) is 11.3 Å². The van der Waals surface area contributed by atoms with Crippen molar-refractivity contribution in [3.63, 3.8) is 0 Å². The van der Waals surface area contributed by atoms with Gasteiger partial charge >= 0.3 is 0 Å². The number of anilines is 1. The number of nitrogens with zero attached hydrogens (tertiary/aromatic N) is 5. The topological polar surface area (TPSA) is 55.0 Å². The van der Waals surface area contributed by atoms with Gasteiger partial charge in [-0.3, -0.25) is 9.69 Å². The minimum Gasteiger partial charge on any atom is -0.360 e. The number of carbonyl (C=O) groups is 1. The van der Waals surface area contributed by atoms with E-state index >= 15 is 0 Å². The lowest BCUT2D eigenvalue weighted by atomic mass is 9.92. The molecule has 0 radical (unpaired) electrons. The number of hydrazine groups is 1. The molecule has 0 aliphatic carbocycles. The third kappa shape index (κ3) is 5.52. The minimum atomic E-state index is -0.326. The summed E-state index contributed by atoms with van der Waals surface area (Å²) in [5.74, 6) is 0.250. The molecule has 3 unspecified atom stereocenters. The summed E-state index contributed by atoms with van der Waals surface area (Å²) in [6, 6.07) is 1.10. The Labute approximate surface area is 186 Å². The zero-order chi connectivity index (χ0) is 22.1. The SMILES string of the molecule is CC1CN(C(=O)C(C)(C)C)C(C)CN1Cc1csc(NCC2CCCN2N(C)C)n1. The molecule has 3 atom stereocenters. The fourth-order valence-corrected chi connectivity index (χ4v) is 5.27. The molecule has 7 nitrogen and oxygen atoms in total. The van der Waals surface area contributed by atoms with E-state index < -0.39 is 0 Å². The van der Waals surface area contributed by atoms with Crippen LogP contribution in [0.1, 0.15) is 53.2 Å². The van der Waals surface area contributed by atoms with Gasteiger partial charge in [0.2, 0.25) is 5.91 Å². The Morgan fingerprint density at radius 3 is 2.67 bits per heavy atom. The molecule has 30 heavy (non-hydrogen) atoms. The molecule has 1 amide bonds. The number of amides is 1. The summed E-state index contributed by atoms with van der Waals surface area (Å²) in [4.78, 5) is 22.1. The lowest BCUT2D eigenvalue weighted by Gasteiger charge is -2.45. The molecular formula is C22H40N6OS. The molecule has 3 heterocycles. The van der Waals surface area contributed by atoms with Crippen LogP contribution in [0.4, 0.5) is 5.13 Å². The second-order valence-electron chi connectivity index (χ2n) is 10.2. The lowest BCUT2D eigenvalue weighted by Crippen LogP contribution is -2.59. The van der Waals surface area contributed by atoms with Crippen LogP contribution in [-0.2, 0) is 11.3 Å². The van der Waals surface area contributed by atoms with Crippen LogP contribution in [0.2, 0.25) is 0 Å². The first-order chi connectivity index (χ1) is 14.1. The second kappa shape index (κ2) is 9.51. The Bertz CT molecular complexity index is 715. The van der Waals surface area contributed by atoms with Gasteiger partial charge in [0.1, 0.15) is 0 Å². The van der Waals surface area contributed by atoms with Crippen LogP contribution in [-0.4, -0.2) is 89.1 Å². The summed E-state index contributed by atoms with van der Waals surface area (Å²) < 4.78 is 0. The summed E-state index contributed by atoms with van der Waals surface area (Å²) in [7, 11) is 4.24. The standard InChI is InChI=1S/C22H40N6OS/c1-16-13-27(20(29)22(3,4)5)17(2)12-26(16)14-18-15-30-21(24-18)23-11-19-9-8-10-28(19)25(6)7/h15-17,19H,8-14H2,1-7H3,(H,23,24). The molecule has 0 saturated carbocycles. The van der Waals surface area contributed by atoms with Crippen molar-refractivity contribution < 1.29 is 4.79 Å². The first-order valence-corrected chi connectivity index (χ1v) is 12.1. The quantitative estimate of drug-likeness (QED) is 0.740. The summed E-state index contributed by atoms with van der Waals surface area (Å²) in [6.07, 6.45) is 2.49. The normalized spacial score (nSPS) is 26.5. The summed E-state index contributed by atoms with van der Waals surface area (Å²) in [5.41, 5.74) is 0.792. The van der Waals surface area contributed by atoms with E-state index in [0.717, 1.165) is 43.5 Å². The van der Waals surface area contributed by atoms with Crippen LogP contribution in [0.3, 0.4) is 0 Å². The van der Waals surface area contributed by atoms with Crippen molar-refractivity contribution in [2.24, 2.45) is 5.41 Å². The van der Waals surface area contributed by atoms with Crippen LogP contribution in [0.25, 0.3) is 0 Å². The van der Waals surface area contributed by atoms with Crippen molar-refractivity contribution in [3.8, 4) is 0 Å². The van der Waals surface area contributed by atoms with Gasteiger partial charge in [-0.1, -0.05) is 20.8 Å². The highest BCUT2D eigenvalue weighted by Crippen LogP contribution is 2.26. The molecule has 2 aliphatic rings. The number of hydrogen-bond donors (Lipinski definition) is 1. The highest BCUT2D eigenvalue weighted by atomic mass is 32.1. The third-order valence-corrected chi connectivity index (χ3v) is 7.13. The number of hydrogen-bond acceptors (Lipinski definition) is 7. The molecule has 0 spiro atoms. The molecule has 2 fully saturated rings. The largest absolute Gasteiger partial charge is 0.360 e. The average Bonchev–Trinajstić information content (AvgIpc) is 3.30. The van der Waals surface area contributed by atoms with Crippen molar-refractivity contribution in [3.05, 3.63) is 11.1 Å². The monoisotopic (exact) mass is 436 g/mol. The van der Waals surface area contributed by atoms with E-state index in [2.05, 4.69) is 58.5 Å². The maximum absolute atomic E-state index is 12.8. The number of rotatable bonds is 6. The molecule has 0 aromatic carbocycles. The lowest BCUT2D eigenvalue weighted by molar-refractivity contribution is -0.145. The van der Waals surface area contributed by atoms with Crippen molar-refractivity contribution >= 4 is 22.4 Å². The Hall–Kier alpha value is -1.22. The van der Waals surface area contributed by atoms with E-state index in [9.17, 15) is 4.79 Å². The van der Waals surface area contributed by atoms with Gasteiger partial charge in [-0.2, -0.15) is 0 Å². The van der Waals surface area contributed by atoms with Crippen molar-refractivity contribution in [2.45, 2.75) is 72.1 Å². The minimum absolute atomic E-state index is 0.225. The number of thiazole rings is 1.